The van der Waals surface area contributed by atoms with Crippen LogP contribution in [0.3, 0.4) is 0 Å². The van der Waals surface area contributed by atoms with Gasteiger partial charge in [-0.1, -0.05) is 80.1 Å². The molecule has 0 bridgehead atoms. The number of halogens is 1. The summed E-state index contributed by atoms with van der Waals surface area (Å²) in [4.78, 5) is 0. The minimum absolute atomic E-state index is 0.236. The second-order valence-corrected chi connectivity index (χ2v) is 7.66. The summed E-state index contributed by atoms with van der Waals surface area (Å²) in [7, 11) is 0. The minimum atomic E-state index is 0.236. The molecule has 0 heterocycles. The van der Waals surface area contributed by atoms with E-state index >= 15 is 0 Å². The van der Waals surface area contributed by atoms with Gasteiger partial charge < -0.3 is 0 Å². The molecule has 1 aromatic carbocycles. The third-order valence-electron chi connectivity index (χ3n) is 5.21. The van der Waals surface area contributed by atoms with E-state index in [2.05, 4.69) is 85.1 Å². The van der Waals surface area contributed by atoms with Crippen molar-refractivity contribution in [1.29, 1.82) is 0 Å². The highest BCUT2D eigenvalue weighted by atomic mass is 35.5. The largest absolute Gasteiger partial charge is 0.0995 e. The van der Waals surface area contributed by atoms with Crippen LogP contribution in [0, 0.1) is 6.92 Å². The summed E-state index contributed by atoms with van der Waals surface area (Å²) in [6, 6.07) is 4.16. The standard InChI is InChI=1S/C26H35Cl/c1-9-12-22(10-2)14-13-19(6)20(7)17-24(18(4)5)26-21(8)25(27)16-15-23(26)11-3/h9,12-16,24H,4,7,10-11,17H2,1-3,5-6,8H3/b12-9-,19-13+,22-14-. The zero-order valence-corrected chi connectivity index (χ0v) is 18.7. The quantitative estimate of drug-likeness (QED) is 0.296. The Kier molecular flexibility index (Phi) is 9.60. The minimum Gasteiger partial charge on any atom is -0.0995 e. The third kappa shape index (κ3) is 6.40. The van der Waals surface area contributed by atoms with Gasteiger partial charge >= 0.3 is 0 Å². The van der Waals surface area contributed by atoms with Gasteiger partial charge in [0.2, 0.25) is 0 Å². The van der Waals surface area contributed by atoms with Crippen LogP contribution in [-0.2, 0) is 6.42 Å². The van der Waals surface area contributed by atoms with E-state index in [1.807, 2.05) is 6.07 Å². The van der Waals surface area contributed by atoms with Crippen molar-refractivity contribution in [2.45, 2.75) is 66.7 Å². The van der Waals surface area contributed by atoms with E-state index in [-0.39, 0.29) is 5.92 Å². The first-order chi connectivity index (χ1) is 12.8. The molecule has 0 aliphatic rings. The fraction of sp³-hybridized carbons (Fsp3) is 0.385. The van der Waals surface area contributed by atoms with Crippen LogP contribution in [0.4, 0.5) is 0 Å². The molecule has 0 fully saturated rings. The van der Waals surface area contributed by atoms with Gasteiger partial charge in [0, 0.05) is 10.9 Å². The Hall–Kier alpha value is -1.79. The van der Waals surface area contributed by atoms with Crippen LogP contribution >= 0.6 is 11.6 Å². The van der Waals surface area contributed by atoms with Gasteiger partial charge in [0.25, 0.3) is 0 Å². The Morgan fingerprint density at radius 1 is 1.15 bits per heavy atom. The Morgan fingerprint density at radius 3 is 2.33 bits per heavy atom. The normalized spacial score (nSPS) is 13.9. The molecule has 1 unspecified atom stereocenters. The van der Waals surface area contributed by atoms with Gasteiger partial charge in [-0.2, -0.15) is 0 Å². The summed E-state index contributed by atoms with van der Waals surface area (Å²) in [5.74, 6) is 0.236. The Bertz CT molecular complexity index is 772. The van der Waals surface area contributed by atoms with Crippen molar-refractivity contribution in [2.75, 3.05) is 0 Å². The number of aryl methyl sites for hydroxylation is 1. The van der Waals surface area contributed by atoms with Gasteiger partial charge in [0.15, 0.2) is 0 Å². The summed E-state index contributed by atoms with van der Waals surface area (Å²) in [6.07, 6.45) is 11.5. The molecule has 27 heavy (non-hydrogen) atoms. The SMILES string of the molecule is C=C(CC(C(=C)C)c1c(CC)ccc(Cl)c1C)/C(C)=C/C=C(\C=C/C)CC. The first-order valence-electron chi connectivity index (χ1n) is 9.88. The summed E-state index contributed by atoms with van der Waals surface area (Å²) >= 11 is 6.44. The highest BCUT2D eigenvalue weighted by Gasteiger charge is 2.20. The van der Waals surface area contributed by atoms with E-state index < -0.39 is 0 Å². The second kappa shape index (κ2) is 11.1. The molecule has 0 aliphatic carbocycles. The maximum atomic E-state index is 6.44. The van der Waals surface area contributed by atoms with Gasteiger partial charge in [0.1, 0.15) is 0 Å². The molecular weight excluding hydrogens is 348 g/mol. The molecule has 0 amide bonds. The molecule has 0 N–H and O–H groups in total. The number of benzene rings is 1. The molecule has 0 radical (unpaired) electrons. The molecule has 1 rings (SSSR count). The predicted molar refractivity (Wildman–Crippen MR) is 124 cm³/mol. The Morgan fingerprint density at radius 2 is 1.81 bits per heavy atom. The lowest BCUT2D eigenvalue weighted by atomic mass is 9.80. The van der Waals surface area contributed by atoms with Gasteiger partial charge in [-0.25, -0.2) is 0 Å². The van der Waals surface area contributed by atoms with E-state index in [0.29, 0.717) is 0 Å². The average molecular weight is 383 g/mol. The van der Waals surface area contributed by atoms with Crippen molar-refractivity contribution in [3.8, 4) is 0 Å². The van der Waals surface area contributed by atoms with E-state index in [9.17, 15) is 0 Å². The number of rotatable bonds is 9. The monoisotopic (exact) mass is 382 g/mol. The van der Waals surface area contributed by atoms with Crippen molar-refractivity contribution in [3.63, 3.8) is 0 Å². The molecule has 1 aromatic rings. The lowest BCUT2D eigenvalue weighted by Crippen LogP contribution is -2.08. The summed E-state index contributed by atoms with van der Waals surface area (Å²) in [5, 5.41) is 0.827. The number of hydrogen-bond acceptors (Lipinski definition) is 0. The first-order valence-corrected chi connectivity index (χ1v) is 10.3. The van der Waals surface area contributed by atoms with Crippen molar-refractivity contribution in [3.05, 3.63) is 93.6 Å². The van der Waals surface area contributed by atoms with Crippen LogP contribution < -0.4 is 0 Å². The lowest BCUT2D eigenvalue weighted by Gasteiger charge is -2.25. The van der Waals surface area contributed by atoms with Gasteiger partial charge in [-0.05, 0) is 80.9 Å². The maximum absolute atomic E-state index is 6.44. The van der Waals surface area contributed by atoms with Crippen LogP contribution in [0.5, 0.6) is 0 Å². The smallest absolute Gasteiger partial charge is 0.0438 e. The van der Waals surface area contributed by atoms with Crippen molar-refractivity contribution >= 4 is 11.6 Å². The molecule has 1 atom stereocenters. The predicted octanol–water partition coefficient (Wildman–Crippen LogP) is 8.68. The molecule has 0 aliphatic heterocycles. The summed E-state index contributed by atoms with van der Waals surface area (Å²) in [5.41, 5.74) is 8.68. The first kappa shape index (κ1) is 23.2. The zero-order valence-electron chi connectivity index (χ0n) is 18.0. The second-order valence-electron chi connectivity index (χ2n) is 7.25. The average Bonchev–Trinajstić information content (AvgIpc) is 2.64. The molecular formula is C26H35Cl. The van der Waals surface area contributed by atoms with Gasteiger partial charge in [-0.15, -0.1) is 0 Å². The number of allylic oxidation sites excluding steroid dienone is 8. The number of hydrogen-bond donors (Lipinski definition) is 0. The van der Waals surface area contributed by atoms with Crippen LogP contribution in [-0.4, -0.2) is 0 Å². The van der Waals surface area contributed by atoms with Crippen LogP contribution in [0.2, 0.25) is 5.02 Å². The molecule has 146 valence electrons. The molecule has 0 aromatic heterocycles. The van der Waals surface area contributed by atoms with Crippen LogP contribution in [0.15, 0.2) is 71.9 Å². The molecule has 1 heteroatoms. The molecule has 0 spiro atoms. The third-order valence-corrected chi connectivity index (χ3v) is 5.62. The zero-order chi connectivity index (χ0) is 20.6. The molecule has 0 nitrogen and oxygen atoms in total. The van der Waals surface area contributed by atoms with Crippen molar-refractivity contribution in [2.24, 2.45) is 0 Å². The van der Waals surface area contributed by atoms with E-state index in [4.69, 9.17) is 11.6 Å². The fourth-order valence-corrected chi connectivity index (χ4v) is 3.50. The Balaban J connectivity index is 3.21. The Labute approximate surface area is 172 Å². The molecule has 0 saturated heterocycles. The summed E-state index contributed by atoms with van der Waals surface area (Å²) in [6.45, 7) is 21.4. The summed E-state index contributed by atoms with van der Waals surface area (Å²) < 4.78 is 0. The fourth-order valence-electron chi connectivity index (χ4n) is 3.34. The highest BCUT2D eigenvalue weighted by molar-refractivity contribution is 6.31. The van der Waals surface area contributed by atoms with Crippen molar-refractivity contribution < 1.29 is 0 Å². The lowest BCUT2D eigenvalue weighted by molar-refractivity contribution is 0.767. The highest BCUT2D eigenvalue weighted by Crippen LogP contribution is 2.38. The van der Waals surface area contributed by atoms with Gasteiger partial charge in [-0.3, -0.25) is 0 Å². The van der Waals surface area contributed by atoms with E-state index in [0.717, 1.165) is 35.4 Å². The van der Waals surface area contributed by atoms with Gasteiger partial charge in [0.05, 0.1) is 0 Å². The van der Waals surface area contributed by atoms with E-state index in [1.165, 1.54) is 27.8 Å². The maximum Gasteiger partial charge on any atom is 0.0438 e. The molecule has 0 saturated carbocycles. The van der Waals surface area contributed by atoms with Crippen molar-refractivity contribution in [1.82, 2.24) is 0 Å². The topological polar surface area (TPSA) is 0 Å². The van der Waals surface area contributed by atoms with Crippen LogP contribution in [0.25, 0.3) is 0 Å². The van der Waals surface area contributed by atoms with E-state index in [1.54, 1.807) is 0 Å². The van der Waals surface area contributed by atoms with Crippen LogP contribution in [0.1, 0.15) is 70.1 Å².